The normalized spacial score (nSPS) is 34.2. The van der Waals surface area contributed by atoms with Gasteiger partial charge in [0, 0.05) is 117 Å². The van der Waals surface area contributed by atoms with Crippen LogP contribution in [-0.4, -0.2) is 199 Å². The van der Waals surface area contributed by atoms with Crippen LogP contribution in [0.4, 0.5) is 5.95 Å². The molecule has 16 atom stereocenters. The van der Waals surface area contributed by atoms with Crippen LogP contribution in [0.25, 0.3) is 0 Å². The topological polar surface area (TPSA) is 235 Å². The number of anilines is 1. The van der Waals surface area contributed by atoms with Crippen LogP contribution >= 0.6 is 12.2 Å². The molecule has 21 heteroatoms. The van der Waals surface area contributed by atoms with E-state index in [0.717, 1.165) is 24.0 Å². The number of ether oxygens (including phenoxy) is 8. The van der Waals surface area contributed by atoms with Gasteiger partial charge in [-0.1, -0.05) is 78.0 Å². The quantitative estimate of drug-likeness (QED) is 0.0487. The molecular formula is C69H107N5O15S. The van der Waals surface area contributed by atoms with Crippen molar-refractivity contribution in [1.82, 2.24) is 19.8 Å². The van der Waals surface area contributed by atoms with Gasteiger partial charge in [-0.25, -0.2) is 14.8 Å². The highest BCUT2D eigenvalue weighted by Gasteiger charge is 2.53. The Labute approximate surface area is 541 Å². The van der Waals surface area contributed by atoms with E-state index in [1.807, 2.05) is 95.3 Å². The summed E-state index contributed by atoms with van der Waals surface area (Å²) in [5.41, 5.74) is 2.34. The SMILES string of the molecule is CCCOCCC(=O)N1CCN(c2ncc(CCC(=S)O[C@@H]3CC[C@@H](C[C@@H](C)[C@@H]4C[C@@H](OC)[C@H](C)/C=C(\C)[C@@H](O)[C@@H](OC)C(=O)[C@H](C)C[C@H](C)/C=C/C=C/C=C(\C)[C@@H](OC)C[C@@H]5CC[C@@H](C)[C@@](O)(O5)C(=O)C(=O)N5CCCC[C@H]5C(=O)O4)C[C@H]3OC)cn2)CC1. The number of hydrogen-bond acceptors (Lipinski definition) is 19. The van der Waals surface area contributed by atoms with Crippen molar-refractivity contribution in [3.63, 3.8) is 0 Å². The Hall–Kier alpha value is -4.84. The van der Waals surface area contributed by atoms with Crippen molar-refractivity contribution in [2.45, 2.75) is 219 Å². The first kappa shape index (κ1) is 74.2. The lowest BCUT2D eigenvalue weighted by atomic mass is 9.78. The molecule has 2 bridgehead atoms. The van der Waals surface area contributed by atoms with E-state index in [9.17, 15) is 34.2 Å². The summed E-state index contributed by atoms with van der Waals surface area (Å²) in [6.07, 6.45) is 18.6. The van der Waals surface area contributed by atoms with Crippen LogP contribution in [0, 0.1) is 35.5 Å². The fourth-order valence-corrected chi connectivity index (χ4v) is 13.7. The van der Waals surface area contributed by atoms with Crippen LogP contribution in [0.15, 0.2) is 60.0 Å². The summed E-state index contributed by atoms with van der Waals surface area (Å²) in [5, 5.41) is 24.4. The van der Waals surface area contributed by atoms with E-state index in [2.05, 4.69) is 14.9 Å². The maximum atomic E-state index is 14.9. The maximum absolute atomic E-state index is 14.9. The second-order valence-corrected chi connectivity index (χ2v) is 26.5. The molecule has 0 aromatic carbocycles. The Morgan fingerprint density at radius 3 is 2.20 bits per heavy atom. The van der Waals surface area contributed by atoms with Gasteiger partial charge in [0.15, 0.2) is 10.8 Å². The molecule has 0 spiro atoms. The smallest absolute Gasteiger partial charge is 0.329 e. The number of thiocarbonyl (C=S) groups is 1. The standard InChI is InChI=1S/C69H107N5O15S/c1-13-34-86-35-28-60(75)72-30-32-73(33-31-72)68-70-42-52(43-71-68)24-27-61(90)87-55-26-23-51(39-59(55)84-11)38-47(5)58-41-57(83-10)46(4)37-49(7)63(77)64(85-12)62(76)48(6)36-44(2)19-15-14-16-20-45(3)56(82-9)40-53-25-22-50(8)69(81,89-53)65(78)66(79)74-29-18-17-21-54(74)67(80)88-58/h14-16,19-20,37,42-44,46-48,50-51,53-59,63-64,77,81H,13,17-18,21-36,38-41H2,1-12H3/b16-14+,19-15+,45-20+,49-37+/t44-,46-,47-,48-,50-,51+,53+,54+,55-,56+,57-,58+,59-,63-,64+,69-/m1/s1. The van der Waals surface area contributed by atoms with Crippen molar-refractivity contribution >= 4 is 52.6 Å². The van der Waals surface area contributed by atoms with Crippen LogP contribution in [0.5, 0.6) is 0 Å². The van der Waals surface area contributed by atoms with Gasteiger partial charge in [0.05, 0.1) is 37.4 Å². The number of piperidine rings is 1. The molecule has 504 valence electrons. The van der Waals surface area contributed by atoms with Gasteiger partial charge in [-0.3, -0.25) is 19.2 Å². The fourth-order valence-electron chi connectivity index (χ4n) is 13.5. The van der Waals surface area contributed by atoms with E-state index in [1.165, 1.54) is 12.0 Å². The number of aliphatic hydroxyl groups is 2. The summed E-state index contributed by atoms with van der Waals surface area (Å²) in [6.45, 7) is 19.1. The number of rotatable bonds is 17. The van der Waals surface area contributed by atoms with Gasteiger partial charge in [0.25, 0.3) is 11.7 Å². The lowest BCUT2D eigenvalue weighted by Gasteiger charge is -2.43. The minimum absolute atomic E-state index is 0.0269. The average Bonchev–Trinajstić information content (AvgIpc) is 1.25. The minimum atomic E-state index is -2.43. The number of cyclic esters (lactones) is 1. The third kappa shape index (κ3) is 20.8. The maximum Gasteiger partial charge on any atom is 0.329 e. The van der Waals surface area contributed by atoms with E-state index >= 15 is 0 Å². The van der Waals surface area contributed by atoms with Crippen molar-refractivity contribution in [3.8, 4) is 0 Å². The van der Waals surface area contributed by atoms with Crippen LogP contribution in [0.3, 0.4) is 0 Å². The second kappa shape index (κ2) is 36.6. The van der Waals surface area contributed by atoms with Crippen molar-refractivity contribution in [3.05, 3.63) is 65.6 Å². The summed E-state index contributed by atoms with van der Waals surface area (Å²) in [5.74, 6) is -6.23. The van der Waals surface area contributed by atoms with Crippen LogP contribution in [-0.2, 0) is 68.3 Å². The largest absolute Gasteiger partial charge is 0.481 e. The van der Waals surface area contributed by atoms with Crippen LogP contribution < -0.4 is 4.90 Å². The Morgan fingerprint density at radius 1 is 0.800 bits per heavy atom. The van der Waals surface area contributed by atoms with Gasteiger partial charge < -0.3 is 62.8 Å². The number of nitrogens with zero attached hydrogens (tertiary/aromatic N) is 5. The number of hydrogen-bond donors (Lipinski definition) is 2. The molecule has 4 fully saturated rings. The first-order chi connectivity index (χ1) is 43.0. The number of fused-ring (bicyclic) bond motifs is 3. The van der Waals surface area contributed by atoms with Gasteiger partial charge >= 0.3 is 5.97 Å². The molecule has 5 aliphatic rings. The minimum Gasteiger partial charge on any atom is -0.481 e. The zero-order valence-corrected chi connectivity index (χ0v) is 56.7. The lowest BCUT2D eigenvalue weighted by Crippen LogP contribution is -2.61. The number of ketones is 2. The van der Waals surface area contributed by atoms with Crippen molar-refractivity contribution in [1.29, 1.82) is 0 Å². The third-order valence-corrected chi connectivity index (χ3v) is 19.5. The van der Waals surface area contributed by atoms with Gasteiger partial charge in [0.1, 0.15) is 30.5 Å². The number of piperazine rings is 1. The molecule has 1 aromatic heterocycles. The number of allylic oxidation sites excluding steroid dienone is 5. The predicted octanol–water partition coefficient (Wildman–Crippen LogP) is 8.87. The van der Waals surface area contributed by atoms with Gasteiger partial charge in [-0.2, -0.15) is 0 Å². The number of carbonyl (C=O) groups is 5. The zero-order valence-electron chi connectivity index (χ0n) is 55.9. The molecule has 20 nitrogen and oxygen atoms in total. The van der Waals surface area contributed by atoms with E-state index in [1.54, 1.807) is 35.2 Å². The monoisotopic (exact) mass is 1280 g/mol. The van der Waals surface area contributed by atoms with E-state index in [4.69, 9.17) is 50.1 Å². The summed E-state index contributed by atoms with van der Waals surface area (Å²) in [6, 6.07) is -1.11. The molecule has 0 radical (unpaired) electrons. The fraction of sp³-hybridized carbons (Fsp3) is 0.739. The molecule has 6 rings (SSSR count). The molecule has 1 aliphatic carbocycles. The van der Waals surface area contributed by atoms with Crippen LogP contribution in [0.2, 0.25) is 0 Å². The third-order valence-electron chi connectivity index (χ3n) is 19.2. The molecular weight excluding hydrogens is 1170 g/mol. The number of methoxy groups -OCH3 is 4. The summed E-state index contributed by atoms with van der Waals surface area (Å²) in [4.78, 5) is 85.2. The Bertz CT molecular complexity index is 2610. The zero-order chi connectivity index (χ0) is 65.7. The van der Waals surface area contributed by atoms with E-state index in [-0.39, 0.29) is 67.0 Å². The highest BCUT2D eigenvalue weighted by molar-refractivity contribution is 7.80. The van der Waals surface area contributed by atoms with E-state index in [0.29, 0.717) is 133 Å². The molecule has 2 amide bonds. The Kier molecular flexibility index (Phi) is 30.1. The lowest BCUT2D eigenvalue weighted by molar-refractivity contribution is -0.265. The van der Waals surface area contributed by atoms with Crippen molar-refractivity contribution in [2.24, 2.45) is 35.5 Å². The van der Waals surface area contributed by atoms with Crippen molar-refractivity contribution < 1.29 is 72.1 Å². The number of aliphatic hydroxyl groups excluding tert-OH is 1. The summed E-state index contributed by atoms with van der Waals surface area (Å²) >= 11 is 5.82. The molecule has 2 N–H and O–H groups in total. The molecule has 3 saturated heterocycles. The molecule has 1 aromatic rings. The first-order valence-corrected chi connectivity index (χ1v) is 33.6. The number of aromatic nitrogens is 2. The summed E-state index contributed by atoms with van der Waals surface area (Å²) in [7, 11) is 6.29. The molecule has 90 heavy (non-hydrogen) atoms. The Morgan fingerprint density at radius 2 is 1.52 bits per heavy atom. The van der Waals surface area contributed by atoms with E-state index < -0.39 is 77.9 Å². The van der Waals surface area contributed by atoms with Gasteiger partial charge in [-0.15, -0.1) is 0 Å². The van der Waals surface area contributed by atoms with Gasteiger partial charge in [-0.05, 0) is 138 Å². The number of esters is 1. The Balaban J connectivity index is 1.16. The number of aryl methyl sites for hydroxylation is 1. The van der Waals surface area contributed by atoms with Gasteiger partial charge in [0.2, 0.25) is 17.6 Å². The highest BCUT2D eigenvalue weighted by Crippen LogP contribution is 2.39. The highest BCUT2D eigenvalue weighted by atomic mass is 32.1. The second-order valence-electron chi connectivity index (χ2n) is 26.1. The molecule has 1 saturated carbocycles. The summed E-state index contributed by atoms with van der Waals surface area (Å²) < 4.78 is 48.8. The predicted molar refractivity (Wildman–Crippen MR) is 347 cm³/mol. The molecule has 4 aliphatic heterocycles. The molecule has 5 heterocycles. The molecule has 0 unspecified atom stereocenters. The first-order valence-electron chi connectivity index (χ1n) is 33.2. The number of amides is 2. The van der Waals surface area contributed by atoms with Crippen LogP contribution in [0.1, 0.15) is 157 Å². The number of carbonyl (C=O) groups excluding carboxylic acids is 5. The average molecular weight is 1280 g/mol. The number of Topliss-reactive ketones (excluding diaryl/α,β-unsaturated/α-hetero) is 2. The van der Waals surface area contributed by atoms with Crippen molar-refractivity contribution in [2.75, 3.05) is 79.3 Å².